The lowest BCUT2D eigenvalue weighted by Crippen LogP contribution is -2.55. The van der Waals surface area contributed by atoms with E-state index in [9.17, 15) is 9.90 Å². The Morgan fingerprint density at radius 1 is 1.17 bits per heavy atom. The van der Waals surface area contributed by atoms with Gasteiger partial charge in [-0.3, -0.25) is 9.78 Å². The van der Waals surface area contributed by atoms with Gasteiger partial charge in [-0.25, -0.2) is 4.98 Å². The van der Waals surface area contributed by atoms with E-state index in [4.69, 9.17) is 11.5 Å². The van der Waals surface area contributed by atoms with Gasteiger partial charge in [-0.2, -0.15) is 0 Å². The van der Waals surface area contributed by atoms with Gasteiger partial charge in [0.15, 0.2) is 5.69 Å². The van der Waals surface area contributed by atoms with Crippen molar-refractivity contribution >= 4 is 39.6 Å². The van der Waals surface area contributed by atoms with E-state index in [0.29, 0.717) is 24.5 Å². The second kappa shape index (κ2) is 9.65. The topological polar surface area (TPSA) is 146 Å². The summed E-state index contributed by atoms with van der Waals surface area (Å²) in [5.41, 5.74) is 16.0. The van der Waals surface area contributed by atoms with Crippen LogP contribution in [-0.4, -0.2) is 72.4 Å². The highest BCUT2D eigenvalue weighted by molar-refractivity contribution is 6.09. The molecule has 2 saturated heterocycles. The van der Waals surface area contributed by atoms with Crippen molar-refractivity contribution < 1.29 is 9.90 Å². The number of nitrogens with one attached hydrogen (secondary N) is 2. The number of carbonyl (C=O) groups excluding carboxylic acids is 1. The lowest BCUT2D eigenvalue weighted by Gasteiger charge is -2.40. The lowest BCUT2D eigenvalue weighted by molar-refractivity contribution is 0.0785. The highest BCUT2D eigenvalue weighted by Crippen LogP contribution is 2.30. The number of carbonyl (C=O) groups is 1. The van der Waals surface area contributed by atoms with Crippen molar-refractivity contribution in [2.24, 2.45) is 11.7 Å². The monoisotopic (exact) mass is 476 g/mol. The third-order valence-corrected chi connectivity index (χ3v) is 6.88. The summed E-state index contributed by atoms with van der Waals surface area (Å²) in [4.78, 5) is 26.5. The van der Waals surface area contributed by atoms with Crippen molar-refractivity contribution in [1.29, 1.82) is 0 Å². The summed E-state index contributed by atoms with van der Waals surface area (Å²) in [6.45, 7) is 6.78. The van der Waals surface area contributed by atoms with Gasteiger partial charge >= 0.3 is 0 Å². The van der Waals surface area contributed by atoms with E-state index in [1.807, 2.05) is 25.1 Å². The highest BCUT2D eigenvalue weighted by atomic mass is 16.3. The zero-order chi connectivity index (χ0) is 24.5. The molecule has 2 aliphatic heterocycles. The molecule has 7 N–H and O–H groups in total. The molecule has 1 amide bonds. The van der Waals surface area contributed by atoms with Crippen molar-refractivity contribution in [2.75, 3.05) is 60.1 Å². The Morgan fingerprint density at radius 2 is 1.97 bits per heavy atom. The van der Waals surface area contributed by atoms with E-state index in [1.165, 1.54) is 0 Å². The molecule has 0 bridgehead atoms. The molecule has 10 nitrogen and oxygen atoms in total. The molecular weight excluding hydrogens is 444 g/mol. The number of piperazine rings is 1. The van der Waals surface area contributed by atoms with Crippen LogP contribution in [0, 0.1) is 5.92 Å². The minimum Gasteiger partial charge on any atom is -0.397 e. The molecule has 1 aromatic carbocycles. The predicted molar refractivity (Wildman–Crippen MR) is 139 cm³/mol. The number of aliphatic hydroxyl groups excluding tert-OH is 1. The van der Waals surface area contributed by atoms with Gasteiger partial charge in [-0.15, -0.1) is 0 Å². The molecule has 0 spiro atoms. The normalized spacial score (nSPS) is 22.9. The predicted octanol–water partition coefficient (Wildman–Crippen LogP) is 1.02. The molecular formula is C25H32N8O2. The maximum absolute atomic E-state index is 13.3. The Morgan fingerprint density at radius 3 is 2.74 bits per heavy atom. The zero-order valence-corrected chi connectivity index (χ0v) is 19.8. The number of aliphatic hydroxyl groups is 1. The number of amides is 1. The van der Waals surface area contributed by atoms with Gasteiger partial charge in [0.1, 0.15) is 0 Å². The van der Waals surface area contributed by atoms with Gasteiger partial charge in [0.2, 0.25) is 0 Å². The summed E-state index contributed by atoms with van der Waals surface area (Å²) in [5.74, 6) is -0.404. The van der Waals surface area contributed by atoms with Gasteiger partial charge in [-0.05, 0) is 24.3 Å². The summed E-state index contributed by atoms with van der Waals surface area (Å²) in [6, 6.07) is 9.32. The molecule has 4 heterocycles. The summed E-state index contributed by atoms with van der Waals surface area (Å²) in [6.07, 6.45) is 2.72. The first-order valence-corrected chi connectivity index (χ1v) is 12.0. The number of benzene rings is 1. The molecule has 2 aromatic heterocycles. The molecule has 2 fully saturated rings. The maximum Gasteiger partial charge on any atom is 0.276 e. The van der Waals surface area contributed by atoms with E-state index in [1.54, 1.807) is 18.5 Å². The number of nitrogen functional groups attached to an aromatic ring is 1. The molecule has 0 saturated carbocycles. The fourth-order valence-corrected chi connectivity index (χ4v) is 4.93. The van der Waals surface area contributed by atoms with Crippen molar-refractivity contribution in [3.8, 4) is 0 Å². The Hall–Kier alpha value is -3.47. The van der Waals surface area contributed by atoms with Crippen LogP contribution < -0.4 is 31.9 Å². The van der Waals surface area contributed by atoms with Crippen molar-refractivity contribution in [3.63, 3.8) is 0 Å². The number of hydrogen-bond acceptors (Lipinski definition) is 9. The molecule has 3 aromatic rings. The standard InChI is InChI=1S/C25H32N8O2/c1-15-13-33(14-19(27)24(15)34)22-4-5-29-12-21(22)31-25(35)23-18(26)10-16-2-3-17(11-20(16)30-23)32-8-6-28-7-9-32/h2-5,10-12,15,19,24,28,34H,6-9,13-14,26-27H2,1H3,(H,31,35)/t15-,19+,24+/m0/s1. The molecule has 0 aliphatic carbocycles. The quantitative estimate of drug-likeness (QED) is 0.372. The van der Waals surface area contributed by atoms with Gasteiger partial charge < -0.3 is 37.0 Å². The first kappa shape index (κ1) is 23.3. The van der Waals surface area contributed by atoms with Crippen molar-refractivity contribution in [1.82, 2.24) is 15.3 Å². The van der Waals surface area contributed by atoms with E-state index in [0.717, 1.165) is 48.5 Å². The molecule has 184 valence electrons. The minimum atomic E-state index is -0.557. The van der Waals surface area contributed by atoms with Crippen molar-refractivity contribution in [2.45, 2.75) is 19.1 Å². The van der Waals surface area contributed by atoms with Crippen molar-refractivity contribution in [3.05, 3.63) is 48.4 Å². The second-order valence-electron chi connectivity index (χ2n) is 9.42. The first-order chi connectivity index (χ1) is 16.9. The Balaban J connectivity index is 1.41. The molecule has 0 radical (unpaired) electrons. The number of hydrogen-bond donors (Lipinski definition) is 5. The Kier molecular flexibility index (Phi) is 6.42. The van der Waals surface area contributed by atoms with Crippen LogP contribution >= 0.6 is 0 Å². The summed E-state index contributed by atoms with van der Waals surface area (Å²) in [5, 5.41) is 17.4. The number of pyridine rings is 2. The van der Waals surface area contributed by atoms with Gasteiger partial charge in [0, 0.05) is 68.5 Å². The van der Waals surface area contributed by atoms with Crippen LogP contribution in [0.1, 0.15) is 17.4 Å². The van der Waals surface area contributed by atoms with Crippen LogP contribution in [0.4, 0.5) is 22.7 Å². The Bertz CT molecular complexity index is 1220. The van der Waals surface area contributed by atoms with Gasteiger partial charge in [0.25, 0.3) is 5.91 Å². The molecule has 2 aliphatic rings. The third kappa shape index (κ3) is 4.72. The average Bonchev–Trinajstić information content (AvgIpc) is 2.87. The van der Waals surface area contributed by atoms with Crippen LogP contribution in [0.3, 0.4) is 0 Å². The van der Waals surface area contributed by atoms with Gasteiger partial charge in [-0.1, -0.05) is 13.0 Å². The number of aromatic nitrogens is 2. The highest BCUT2D eigenvalue weighted by Gasteiger charge is 2.32. The lowest BCUT2D eigenvalue weighted by atomic mass is 9.92. The summed E-state index contributed by atoms with van der Waals surface area (Å²) >= 11 is 0. The average molecular weight is 477 g/mol. The Labute approximate surface area is 204 Å². The SMILES string of the molecule is C[C@H]1CN(c2ccncc2NC(=O)c2nc3cc(N4CCNCC4)ccc3cc2N)C[C@@H](N)[C@@H]1O. The summed E-state index contributed by atoms with van der Waals surface area (Å²) < 4.78 is 0. The minimum absolute atomic E-state index is 0.00172. The second-order valence-corrected chi connectivity index (χ2v) is 9.42. The number of nitrogens with zero attached hydrogens (tertiary/aromatic N) is 4. The van der Waals surface area contributed by atoms with Crippen LogP contribution in [0.5, 0.6) is 0 Å². The molecule has 3 atom stereocenters. The van der Waals surface area contributed by atoms with Gasteiger partial charge in [0.05, 0.1) is 34.9 Å². The van der Waals surface area contributed by atoms with Crippen LogP contribution in [0.15, 0.2) is 42.7 Å². The van der Waals surface area contributed by atoms with E-state index >= 15 is 0 Å². The third-order valence-electron chi connectivity index (χ3n) is 6.88. The van der Waals surface area contributed by atoms with E-state index in [-0.39, 0.29) is 17.7 Å². The molecule has 35 heavy (non-hydrogen) atoms. The molecule has 10 heteroatoms. The summed E-state index contributed by atoms with van der Waals surface area (Å²) in [7, 11) is 0. The van der Waals surface area contributed by atoms with E-state index < -0.39 is 12.0 Å². The fraction of sp³-hybridized carbons (Fsp3) is 0.400. The first-order valence-electron chi connectivity index (χ1n) is 12.0. The number of piperidine rings is 1. The smallest absolute Gasteiger partial charge is 0.276 e. The number of anilines is 4. The number of rotatable bonds is 4. The fourth-order valence-electron chi connectivity index (χ4n) is 4.93. The number of fused-ring (bicyclic) bond motifs is 1. The molecule has 0 unspecified atom stereocenters. The number of nitrogens with two attached hydrogens (primary N) is 2. The van der Waals surface area contributed by atoms with Crippen LogP contribution in [-0.2, 0) is 0 Å². The largest absolute Gasteiger partial charge is 0.397 e. The molecule has 5 rings (SSSR count). The zero-order valence-electron chi connectivity index (χ0n) is 19.8. The van der Waals surface area contributed by atoms with Crippen LogP contribution in [0.25, 0.3) is 10.9 Å². The van der Waals surface area contributed by atoms with E-state index in [2.05, 4.69) is 36.5 Å². The van der Waals surface area contributed by atoms with Crippen LogP contribution in [0.2, 0.25) is 0 Å². The maximum atomic E-state index is 13.3.